The predicted molar refractivity (Wildman–Crippen MR) is 84.5 cm³/mol. The second-order valence-electron chi connectivity index (χ2n) is 3.24. The van der Waals surface area contributed by atoms with Crippen molar-refractivity contribution in [1.29, 1.82) is 5.26 Å². The molecule has 0 spiro atoms. The molecule has 0 unspecified atom stereocenters. The number of amidine groups is 1. The van der Waals surface area contributed by atoms with E-state index in [1.54, 1.807) is 25.1 Å². The second-order valence-corrected chi connectivity index (χ2v) is 5.20. The number of esters is 1. The number of carbonyl (C=O) groups excluding carboxylic acids is 1. The lowest BCUT2D eigenvalue weighted by atomic mass is 10.2. The van der Waals surface area contributed by atoms with Gasteiger partial charge in [-0.15, -0.1) is 0 Å². The smallest absolute Gasteiger partial charge is 0.338 e. The molecular formula is C12H12IN3O2S. The molecule has 0 bridgehead atoms. The van der Waals surface area contributed by atoms with Crippen LogP contribution in [0.4, 0.5) is 5.69 Å². The summed E-state index contributed by atoms with van der Waals surface area (Å²) in [5.74, 6) is -0.351. The first kappa shape index (κ1) is 15.8. The van der Waals surface area contributed by atoms with Crippen LogP contribution < -0.4 is 5.32 Å². The van der Waals surface area contributed by atoms with Crippen LogP contribution in [0.3, 0.4) is 0 Å². The van der Waals surface area contributed by atoms with Crippen LogP contribution >= 0.6 is 34.4 Å². The van der Waals surface area contributed by atoms with E-state index in [9.17, 15) is 4.79 Å². The molecule has 100 valence electrons. The molecule has 1 aromatic rings. The Kier molecular flexibility index (Phi) is 6.66. The minimum absolute atomic E-state index is 0.345. The summed E-state index contributed by atoms with van der Waals surface area (Å²) in [6.45, 7) is 2.11. The first-order valence-corrected chi connectivity index (χ1v) is 7.67. The van der Waals surface area contributed by atoms with Gasteiger partial charge in [0.1, 0.15) is 0 Å². The molecule has 0 saturated heterocycles. The van der Waals surface area contributed by atoms with Crippen LogP contribution in [0.5, 0.6) is 0 Å². The normalized spacial score (nSPS) is 10.7. The lowest BCUT2D eigenvalue weighted by Crippen LogP contribution is -2.12. The van der Waals surface area contributed by atoms with Crippen molar-refractivity contribution in [2.24, 2.45) is 4.99 Å². The van der Waals surface area contributed by atoms with Gasteiger partial charge in [-0.25, -0.2) is 9.79 Å². The van der Waals surface area contributed by atoms with Gasteiger partial charge in [-0.1, -0.05) is 11.8 Å². The van der Waals surface area contributed by atoms with Crippen LogP contribution in [0.2, 0.25) is 0 Å². The average molecular weight is 389 g/mol. The summed E-state index contributed by atoms with van der Waals surface area (Å²) in [6, 6.07) is 5.09. The fraction of sp³-hybridized carbons (Fsp3) is 0.250. The molecule has 0 heterocycles. The SMILES string of the molecule is CCOC(=O)c1ccc(N=C(NC#N)SC)c(I)c1. The van der Waals surface area contributed by atoms with Gasteiger partial charge in [0.25, 0.3) is 0 Å². The Morgan fingerprint density at radius 2 is 2.37 bits per heavy atom. The number of nitrogens with zero attached hydrogens (tertiary/aromatic N) is 2. The molecule has 5 nitrogen and oxygen atoms in total. The van der Waals surface area contributed by atoms with Gasteiger partial charge in [0.15, 0.2) is 11.4 Å². The number of thioether (sulfide) groups is 1. The number of hydrogen-bond donors (Lipinski definition) is 1. The maximum Gasteiger partial charge on any atom is 0.338 e. The maximum atomic E-state index is 11.6. The van der Waals surface area contributed by atoms with Gasteiger partial charge in [-0.05, 0) is 54.0 Å². The Morgan fingerprint density at radius 1 is 1.63 bits per heavy atom. The van der Waals surface area contributed by atoms with Crippen molar-refractivity contribution in [1.82, 2.24) is 5.32 Å². The third kappa shape index (κ3) is 4.72. The number of hydrogen-bond acceptors (Lipinski definition) is 5. The van der Waals surface area contributed by atoms with Crippen molar-refractivity contribution >= 4 is 51.2 Å². The molecule has 0 saturated carbocycles. The predicted octanol–water partition coefficient (Wildman–Crippen LogP) is 2.89. The van der Waals surface area contributed by atoms with E-state index in [1.807, 2.05) is 12.4 Å². The molecule has 0 aromatic heterocycles. The first-order valence-electron chi connectivity index (χ1n) is 5.36. The summed E-state index contributed by atoms with van der Waals surface area (Å²) in [6.07, 6.45) is 3.65. The molecule has 0 aliphatic heterocycles. The number of rotatable bonds is 3. The third-order valence-corrected chi connectivity index (χ3v) is 3.48. The quantitative estimate of drug-likeness (QED) is 0.215. The number of nitriles is 1. The summed E-state index contributed by atoms with van der Waals surface area (Å²) in [7, 11) is 0. The summed E-state index contributed by atoms with van der Waals surface area (Å²) < 4.78 is 5.74. The molecule has 1 rings (SSSR count). The highest BCUT2D eigenvalue weighted by Crippen LogP contribution is 2.24. The molecule has 0 aliphatic carbocycles. The van der Waals surface area contributed by atoms with E-state index in [4.69, 9.17) is 10.00 Å². The molecule has 0 atom stereocenters. The lowest BCUT2D eigenvalue weighted by Gasteiger charge is -2.05. The van der Waals surface area contributed by atoms with E-state index in [1.165, 1.54) is 11.8 Å². The van der Waals surface area contributed by atoms with E-state index < -0.39 is 0 Å². The summed E-state index contributed by atoms with van der Waals surface area (Å²) in [4.78, 5) is 15.9. The molecular weight excluding hydrogens is 377 g/mol. The van der Waals surface area contributed by atoms with Crippen molar-refractivity contribution in [2.45, 2.75) is 6.92 Å². The molecule has 1 N–H and O–H groups in total. The first-order chi connectivity index (χ1) is 9.12. The van der Waals surface area contributed by atoms with E-state index >= 15 is 0 Å². The topological polar surface area (TPSA) is 74.5 Å². The highest BCUT2D eigenvalue weighted by molar-refractivity contribution is 14.1. The zero-order valence-electron chi connectivity index (χ0n) is 10.4. The zero-order valence-corrected chi connectivity index (χ0v) is 13.4. The number of halogens is 1. The number of carbonyl (C=O) groups is 1. The maximum absolute atomic E-state index is 11.6. The average Bonchev–Trinajstić information content (AvgIpc) is 2.40. The van der Waals surface area contributed by atoms with Crippen LogP contribution in [0, 0.1) is 15.0 Å². The number of ether oxygens (including phenoxy) is 1. The van der Waals surface area contributed by atoms with Gasteiger partial charge < -0.3 is 4.74 Å². The van der Waals surface area contributed by atoms with Gasteiger partial charge >= 0.3 is 5.97 Å². The number of nitrogens with one attached hydrogen (secondary N) is 1. The van der Waals surface area contributed by atoms with Crippen molar-refractivity contribution in [2.75, 3.05) is 12.9 Å². The third-order valence-electron chi connectivity index (χ3n) is 2.04. The summed E-state index contributed by atoms with van der Waals surface area (Å²) >= 11 is 3.43. The number of benzene rings is 1. The largest absolute Gasteiger partial charge is 0.462 e. The standard InChI is InChI=1S/C12H12IN3O2S/c1-3-18-11(17)8-4-5-10(9(13)6-8)16-12(19-2)15-7-14/h4-6H,3H2,1-2H3,(H,15,16). The van der Waals surface area contributed by atoms with Crippen molar-refractivity contribution in [3.63, 3.8) is 0 Å². The summed E-state index contributed by atoms with van der Waals surface area (Å²) in [5.41, 5.74) is 1.19. The molecule has 1 aromatic carbocycles. The Morgan fingerprint density at radius 3 is 2.89 bits per heavy atom. The monoisotopic (exact) mass is 389 g/mol. The second kappa shape index (κ2) is 8.01. The molecule has 0 fully saturated rings. The van der Waals surface area contributed by atoms with Gasteiger partial charge in [0.05, 0.1) is 17.9 Å². The van der Waals surface area contributed by atoms with Crippen molar-refractivity contribution in [3.05, 3.63) is 27.3 Å². The van der Waals surface area contributed by atoms with Gasteiger partial charge in [0.2, 0.25) is 0 Å². The molecule has 7 heteroatoms. The Labute approximate surface area is 129 Å². The Hall–Kier alpha value is -1.27. The van der Waals surface area contributed by atoms with Gasteiger partial charge in [-0.2, -0.15) is 5.26 Å². The van der Waals surface area contributed by atoms with Crippen LogP contribution in [0.25, 0.3) is 0 Å². The fourth-order valence-corrected chi connectivity index (χ4v) is 2.19. The lowest BCUT2D eigenvalue weighted by molar-refractivity contribution is 0.0526. The highest BCUT2D eigenvalue weighted by atomic mass is 127. The van der Waals surface area contributed by atoms with Crippen LogP contribution in [0.15, 0.2) is 23.2 Å². The fourth-order valence-electron chi connectivity index (χ4n) is 1.22. The highest BCUT2D eigenvalue weighted by Gasteiger charge is 2.09. The molecule has 19 heavy (non-hydrogen) atoms. The van der Waals surface area contributed by atoms with Crippen LogP contribution in [-0.2, 0) is 4.74 Å². The van der Waals surface area contributed by atoms with Crippen molar-refractivity contribution in [3.8, 4) is 6.19 Å². The van der Waals surface area contributed by atoms with Gasteiger partial charge in [0, 0.05) is 3.57 Å². The Balaban J connectivity index is 3.01. The minimum Gasteiger partial charge on any atom is -0.462 e. The zero-order chi connectivity index (χ0) is 14.3. The molecule has 0 radical (unpaired) electrons. The molecule has 0 aliphatic rings. The summed E-state index contributed by atoms with van der Waals surface area (Å²) in [5, 5.41) is 11.6. The van der Waals surface area contributed by atoms with Crippen LogP contribution in [-0.4, -0.2) is 24.0 Å². The van der Waals surface area contributed by atoms with E-state index in [2.05, 4.69) is 32.9 Å². The van der Waals surface area contributed by atoms with Crippen LogP contribution in [0.1, 0.15) is 17.3 Å². The van der Waals surface area contributed by atoms with E-state index in [-0.39, 0.29) is 5.97 Å². The van der Waals surface area contributed by atoms with E-state index in [0.717, 1.165) is 3.57 Å². The Bertz CT molecular complexity index is 540. The number of aliphatic imine (C=N–C) groups is 1. The van der Waals surface area contributed by atoms with E-state index in [0.29, 0.717) is 23.0 Å². The minimum atomic E-state index is -0.351. The van der Waals surface area contributed by atoms with Crippen molar-refractivity contribution < 1.29 is 9.53 Å². The van der Waals surface area contributed by atoms with Gasteiger partial charge in [-0.3, -0.25) is 5.32 Å². The molecule has 0 amide bonds.